The molecule has 1 unspecified atom stereocenters. The van der Waals surface area contributed by atoms with Crippen LogP contribution in [0.3, 0.4) is 0 Å². The van der Waals surface area contributed by atoms with Crippen molar-refractivity contribution in [2.75, 3.05) is 19.8 Å². The average molecular weight is 948 g/mol. The molecular formula is C63H110O5. The van der Waals surface area contributed by atoms with Gasteiger partial charge in [0, 0.05) is 19.4 Å². The molecule has 0 N–H and O–H groups in total. The highest BCUT2D eigenvalue weighted by Crippen LogP contribution is 2.15. The number of carbonyl (C=O) groups excluding carboxylic acids is 2. The Morgan fingerprint density at radius 1 is 0.338 bits per heavy atom. The number of hydrogen-bond donors (Lipinski definition) is 0. The minimum atomic E-state index is -0.554. The van der Waals surface area contributed by atoms with Crippen LogP contribution in [0.1, 0.15) is 278 Å². The topological polar surface area (TPSA) is 61.8 Å². The van der Waals surface area contributed by atoms with Gasteiger partial charge in [0.1, 0.15) is 6.61 Å². The van der Waals surface area contributed by atoms with Gasteiger partial charge in [-0.2, -0.15) is 0 Å². The molecule has 0 radical (unpaired) electrons. The number of allylic oxidation sites excluding steroid dienone is 14. The molecule has 1 atom stereocenters. The lowest BCUT2D eigenvalue weighted by Crippen LogP contribution is -2.30. The number of ether oxygens (including phenoxy) is 3. The van der Waals surface area contributed by atoms with Crippen molar-refractivity contribution in [2.24, 2.45) is 0 Å². The molecule has 0 aliphatic heterocycles. The molecule has 0 aliphatic carbocycles. The first-order chi connectivity index (χ1) is 33.6. The maximum atomic E-state index is 12.9. The van der Waals surface area contributed by atoms with Gasteiger partial charge in [0.2, 0.25) is 0 Å². The van der Waals surface area contributed by atoms with E-state index in [9.17, 15) is 9.59 Å². The van der Waals surface area contributed by atoms with Gasteiger partial charge in [-0.25, -0.2) is 0 Å². The van der Waals surface area contributed by atoms with E-state index in [0.29, 0.717) is 19.4 Å². The number of rotatable bonds is 53. The van der Waals surface area contributed by atoms with Crippen molar-refractivity contribution in [3.63, 3.8) is 0 Å². The van der Waals surface area contributed by atoms with E-state index in [4.69, 9.17) is 14.2 Å². The summed E-state index contributed by atoms with van der Waals surface area (Å²) in [6, 6.07) is 0. The van der Waals surface area contributed by atoms with Gasteiger partial charge in [-0.3, -0.25) is 9.59 Å². The summed E-state index contributed by atoms with van der Waals surface area (Å²) in [5.41, 5.74) is 0. The lowest BCUT2D eigenvalue weighted by Gasteiger charge is -2.18. The van der Waals surface area contributed by atoms with Gasteiger partial charge in [0.15, 0.2) is 6.10 Å². The summed E-state index contributed by atoms with van der Waals surface area (Å²) < 4.78 is 17.5. The van der Waals surface area contributed by atoms with Gasteiger partial charge in [-0.1, -0.05) is 241 Å². The van der Waals surface area contributed by atoms with E-state index in [-0.39, 0.29) is 25.2 Å². The van der Waals surface area contributed by atoms with E-state index < -0.39 is 6.10 Å². The van der Waals surface area contributed by atoms with E-state index in [1.807, 2.05) is 0 Å². The first kappa shape index (κ1) is 65.1. The van der Waals surface area contributed by atoms with Crippen molar-refractivity contribution in [1.29, 1.82) is 0 Å². The van der Waals surface area contributed by atoms with Crippen molar-refractivity contribution in [3.8, 4) is 0 Å². The zero-order chi connectivity index (χ0) is 49.2. The van der Waals surface area contributed by atoms with Crippen molar-refractivity contribution in [3.05, 3.63) is 85.1 Å². The van der Waals surface area contributed by atoms with Gasteiger partial charge in [-0.05, 0) is 109 Å². The van der Waals surface area contributed by atoms with Crippen LogP contribution >= 0.6 is 0 Å². The van der Waals surface area contributed by atoms with Gasteiger partial charge in [0.25, 0.3) is 0 Å². The number of carbonyl (C=O) groups is 2. The highest BCUT2D eigenvalue weighted by Gasteiger charge is 2.17. The van der Waals surface area contributed by atoms with E-state index in [2.05, 4.69) is 106 Å². The molecule has 0 aromatic heterocycles. The first-order valence-corrected chi connectivity index (χ1v) is 29.1. The Labute approximate surface area is 422 Å². The zero-order valence-electron chi connectivity index (χ0n) is 45.1. The van der Waals surface area contributed by atoms with Crippen LogP contribution in [-0.4, -0.2) is 37.9 Å². The average Bonchev–Trinajstić information content (AvgIpc) is 3.34. The van der Waals surface area contributed by atoms with Crippen LogP contribution in [0.5, 0.6) is 0 Å². The number of unbranched alkanes of at least 4 members (excludes halogenated alkanes) is 28. The third-order valence-electron chi connectivity index (χ3n) is 12.4. The molecule has 0 rings (SSSR count). The van der Waals surface area contributed by atoms with Crippen LogP contribution in [0.15, 0.2) is 85.1 Å². The Balaban J connectivity index is 4.29. The van der Waals surface area contributed by atoms with Crippen molar-refractivity contribution < 1.29 is 23.8 Å². The monoisotopic (exact) mass is 947 g/mol. The third-order valence-corrected chi connectivity index (χ3v) is 12.4. The highest BCUT2D eigenvalue weighted by molar-refractivity contribution is 5.70. The Morgan fingerprint density at radius 2 is 0.662 bits per heavy atom. The minimum absolute atomic E-state index is 0.0719. The standard InChI is InChI=1S/C63H110O5/c1-4-7-10-13-16-19-22-25-28-30-32-33-36-38-41-44-47-50-53-56-62(64)67-60-61(68-63(65)57-54-51-48-45-42-39-35-27-24-21-18-15-12-9-6-3)59-66-58-55-52-49-46-43-40-37-34-31-29-26-23-20-17-14-11-8-5-2/h8-9,11-12,17-18,20-21,25-29,35,61H,4-7,10,13-16,19,22-24,30-34,36-60H2,1-3H3/b11-8-,12-9-,20-17-,21-18-,28-25-,29-26-,35-27-. The van der Waals surface area contributed by atoms with Gasteiger partial charge in [-0.15, -0.1) is 0 Å². The minimum Gasteiger partial charge on any atom is -0.462 e. The fourth-order valence-electron chi connectivity index (χ4n) is 8.12. The molecule has 392 valence electrons. The van der Waals surface area contributed by atoms with E-state index >= 15 is 0 Å². The largest absolute Gasteiger partial charge is 0.462 e. The second-order valence-corrected chi connectivity index (χ2v) is 19.1. The molecular weight excluding hydrogens is 837 g/mol. The molecule has 68 heavy (non-hydrogen) atoms. The molecule has 5 nitrogen and oxygen atoms in total. The highest BCUT2D eigenvalue weighted by atomic mass is 16.6. The Bertz CT molecular complexity index is 1250. The van der Waals surface area contributed by atoms with Gasteiger partial charge >= 0.3 is 11.9 Å². The second-order valence-electron chi connectivity index (χ2n) is 19.1. The normalized spacial score (nSPS) is 12.8. The van der Waals surface area contributed by atoms with Crippen molar-refractivity contribution >= 4 is 11.9 Å². The van der Waals surface area contributed by atoms with Gasteiger partial charge in [0.05, 0.1) is 6.61 Å². The van der Waals surface area contributed by atoms with Crippen molar-refractivity contribution in [1.82, 2.24) is 0 Å². The molecule has 0 spiro atoms. The summed E-state index contributed by atoms with van der Waals surface area (Å²) in [4.78, 5) is 25.5. The van der Waals surface area contributed by atoms with Crippen LogP contribution in [0.2, 0.25) is 0 Å². The molecule has 0 aromatic carbocycles. The summed E-state index contributed by atoms with van der Waals surface area (Å²) in [7, 11) is 0. The summed E-state index contributed by atoms with van der Waals surface area (Å²) in [6.45, 7) is 7.59. The quantitative estimate of drug-likeness (QED) is 0.0345. The molecule has 0 fully saturated rings. The third kappa shape index (κ3) is 55.7. The smallest absolute Gasteiger partial charge is 0.306 e. The van der Waals surface area contributed by atoms with Crippen LogP contribution < -0.4 is 0 Å². The van der Waals surface area contributed by atoms with E-state index in [1.165, 1.54) is 154 Å². The van der Waals surface area contributed by atoms with Crippen molar-refractivity contribution in [2.45, 2.75) is 284 Å². The fourth-order valence-corrected chi connectivity index (χ4v) is 8.12. The molecule has 0 bridgehead atoms. The molecule has 0 aliphatic rings. The number of hydrogen-bond acceptors (Lipinski definition) is 5. The molecule has 0 heterocycles. The van der Waals surface area contributed by atoms with Crippen LogP contribution in [0, 0.1) is 0 Å². The summed E-state index contributed by atoms with van der Waals surface area (Å²) in [6.07, 6.45) is 77.5. The van der Waals surface area contributed by atoms with Crippen LogP contribution in [0.4, 0.5) is 0 Å². The predicted molar refractivity (Wildman–Crippen MR) is 297 cm³/mol. The summed E-state index contributed by atoms with van der Waals surface area (Å²) in [5, 5.41) is 0. The molecule has 0 aromatic rings. The first-order valence-electron chi connectivity index (χ1n) is 29.1. The van der Waals surface area contributed by atoms with Crippen LogP contribution in [-0.2, 0) is 23.8 Å². The maximum absolute atomic E-state index is 12.9. The second kappa shape index (κ2) is 58.4. The molecule has 0 amide bonds. The Hall–Kier alpha value is -2.92. The predicted octanol–water partition coefficient (Wildman–Crippen LogP) is 20.0. The van der Waals surface area contributed by atoms with Crippen LogP contribution in [0.25, 0.3) is 0 Å². The SMILES string of the molecule is CC/C=C\C/C=C\C/C=C\CCCCCCCCCCOCC(COC(=O)CCCCCCCCCCC/C=C\CCCCCCCC)OC(=O)CCCCCCC/C=C\C/C=C\C/C=C\CC. The Morgan fingerprint density at radius 3 is 1.07 bits per heavy atom. The van der Waals surface area contributed by atoms with E-state index in [1.54, 1.807) is 0 Å². The van der Waals surface area contributed by atoms with Gasteiger partial charge < -0.3 is 14.2 Å². The fraction of sp³-hybridized carbons (Fsp3) is 0.746. The lowest BCUT2D eigenvalue weighted by atomic mass is 10.1. The lowest BCUT2D eigenvalue weighted by molar-refractivity contribution is -0.163. The molecule has 5 heteroatoms. The van der Waals surface area contributed by atoms with E-state index in [0.717, 1.165) is 89.9 Å². The molecule has 0 saturated carbocycles. The Kier molecular flexibility index (Phi) is 55.9. The summed E-state index contributed by atoms with van der Waals surface area (Å²) >= 11 is 0. The maximum Gasteiger partial charge on any atom is 0.306 e. The number of esters is 2. The molecule has 0 saturated heterocycles. The zero-order valence-corrected chi connectivity index (χ0v) is 45.1. The summed E-state index contributed by atoms with van der Waals surface area (Å²) in [5.74, 6) is -0.417.